The van der Waals surface area contributed by atoms with E-state index in [0.717, 1.165) is 11.1 Å². The number of hydrogen-bond acceptors (Lipinski definition) is 5. The number of benzene rings is 2. The Balaban J connectivity index is 1.81. The predicted molar refractivity (Wildman–Crippen MR) is 104 cm³/mol. The van der Waals surface area contributed by atoms with Crippen LogP contribution in [0.3, 0.4) is 0 Å². The number of amides is 1. The lowest BCUT2D eigenvalue weighted by Crippen LogP contribution is -2.11. The first kappa shape index (κ1) is 18.7. The Bertz CT molecular complexity index is 1060. The molecule has 3 aromatic rings. The summed E-state index contributed by atoms with van der Waals surface area (Å²) >= 11 is 0. The second-order valence-corrected chi connectivity index (χ2v) is 8.29. The highest BCUT2D eigenvalue weighted by atomic mass is 32.2. The molecule has 0 unspecified atom stereocenters. The fourth-order valence-electron chi connectivity index (χ4n) is 2.45. The van der Waals surface area contributed by atoms with Crippen molar-refractivity contribution in [3.8, 4) is 11.3 Å². The average molecular weight is 381 g/mol. The predicted octanol–water partition coefficient (Wildman–Crippen LogP) is 3.50. The van der Waals surface area contributed by atoms with Crippen LogP contribution in [0.1, 0.15) is 22.8 Å². The molecule has 0 aliphatic carbocycles. The molecule has 0 aliphatic heterocycles. The maximum Gasteiger partial charge on any atom is 0.255 e. The van der Waals surface area contributed by atoms with Gasteiger partial charge in [0.1, 0.15) is 0 Å². The molecule has 0 aliphatic rings. The molecule has 1 amide bonds. The molecule has 27 heavy (non-hydrogen) atoms. The van der Waals surface area contributed by atoms with Crippen LogP contribution in [0.25, 0.3) is 11.3 Å². The molecule has 0 saturated carbocycles. The number of nitrogens with one attached hydrogen (secondary N) is 1. The van der Waals surface area contributed by atoms with Crippen molar-refractivity contribution < 1.29 is 13.2 Å². The lowest BCUT2D eigenvalue weighted by Gasteiger charge is -2.08. The van der Waals surface area contributed by atoms with E-state index >= 15 is 0 Å². The van der Waals surface area contributed by atoms with Crippen molar-refractivity contribution >= 4 is 21.4 Å². The van der Waals surface area contributed by atoms with Gasteiger partial charge in [-0.05, 0) is 43.3 Å². The maximum absolute atomic E-state index is 12.4. The van der Waals surface area contributed by atoms with Crippen LogP contribution in [0.2, 0.25) is 0 Å². The van der Waals surface area contributed by atoms with Gasteiger partial charge in [-0.3, -0.25) is 4.79 Å². The van der Waals surface area contributed by atoms with Crippen LogP contribution in [-0.4, -0.2) is 30.3 Å². The minimum Gasteiger partial charge on any atom is -0.322 e. The zero-order chi connectivity index (χ0) is 19.4. The van der Waals surface area contributed by atoms with Crippen LogP contribution in [0.4, 0.5) is 5.69 Å². The van der Waals surface area contributed by atoms with E-state index in [-0.39, 0.29) is 16.7 Å². The second-order valence-electron chi connectivity index (χ2n) is 6.06. The zero-order valence-corrected chi connectivity index (χ0v) is 15.8. The maximum atomic E-state index is 12.4. The number of carbonyl (C=O) groups is 1. The molecule has 1 aromatic heterocycles. The Labute approximate surface area is 158 Å². The standard InChI is InChI=1S/C20H19N3O3S/c1-3-27(25,26)19-12-11-18(22-23-19)16-5-4-6-17(13-16)21-20(24)15-9-7-14(2)8-10-15/h4-13H,3H2,1-2H3,(H,21,24). The second kappa shape index (κ2) is 7.67. The number of aromatic nitrogens is 2. The summed E-state index contributed by atoms with van der Waals surface area (Å²) in [6.07, 6.45) is 0. The van der Waals surface area contributed by atoms with E-state index in [0.29, 0.717) is 16.9 Å². The number of anilines is 1. The molecular formula is C20H19N3O3S. The number of aryl methyl sites for hydroxylation is 1. The first-order valence-corrected chi connectivity index (χ1v) is 10.1. The molecule has 6 nitrogen and oxygen atoms in total. The SMILES string of the molecule is CCS(=O)(=O)c1ccc(-c2cccc(NC(=O)c3ccc(C)cc3)c2)nn1. The highest BCUT2D eigenvalue weighted by Gasteiger charge is 2.14. The van der Waals surface area contributed by atoms with Crippen molar-refractivity contribution in [3.63, 3.8) is 0 Å². The molecule has 0 atom stereocenters. The van der Waals surface area contributed by atoms with E-state index in [1.165, 1.54) is 6.07 Å². The van der Waals surface area contributed by atoms with E-state index in [9.17, 15) is 13.2 Å². The van der Waals surface area contributed by atoms with Gasteiger partial charge in [0, 0.05) is 16.8 Å². The lowest BCUT2D eigenvalue weighted by atomic mass is 10.1. The summed E-state index contributed by atoms with van der Waals surface area (Å²) in [6.45, 7) is 3.52. The molecule has 1 heterocycles. The van der Waals surface area contributed by atoms with E-state index < -0.39 is 9.84 Å². The van der Waals surface area contributed by atoms with Gasteiger partial charge < -0.3 is 5.32 Å². The minimum atomic E-state index is -3.39. The van der Waals surface area contributed by atoms with Gasteiger partial charge in [0.05, 0.1) is 11.4 Å². The quantitative estimate of drug-likeness (QED) is 0.731. The highest BCUT2D eigenvalue weighted by Crippen LogP contribution is 2.22. The summed E-state index contributed by atoms with van der Waals surface area (Å²) in [7, 11) is -3.39. The molecule has 0 saturated heterocycles. The van der Waals surface area contributed by atoms with E-state index in [1.807, 2.05) is 25.1 Å². The zero-order valence-electron chi connectivity index (χ0n) is 15.0. The monoisotopic (exact) mass is 381 g/mol. The van der Waals surface area contributed by atoms with Gasteiger partial charge in [0.15, 0.2) is 14.9 Å². The molecule has 2 aromatic carbocycles. The molecule has 138 valence electrons. The Morgan fingerprint density at radius 3 is 2.37 bits per heavy atom. The van der Waals surface area contributed by atoms with Crippen LogP contribution in [0.5, 0.6) is 0 Å². The summed E-state index contributed by atoms with van der Waals surface area (Å²) in [6, 6.07) is 17.5. The average Bonchev–Trinajstić information content (AvgIpc) is 2.69. The molecule has 0 fully saturated rings. The van der Waals surface area contributed by atoms with E-state index in [1.54, 1.807) is 43.3 Å². The minimum absolute atomic E-state index is 0.0262. The highest BCUT2D eigenvalue weighted by molar-refractivity contribution is 7.91. The van der Waals surface area contributed by atoms with Crippen molar-refractivity contribution in [1.82, 2.24) is 10.2 Å². The van der Waals surface area contributed by atoms with Crippen LogP contribution >= 0.6 is 0 Å². The third-order valence-corrected chi connectivity index (χ3v) is 5.68. The van der Waals surface area contributed by atoms with Crippen molar-refractivity contribution in [1.29, 1.82) is 0 Å². The van der Waals surface area contributed by atoms with Gasteiger partial charge >= 0.3 is 0 Å². The lowest BCUT2D eigenvalue weighted by molar-refractivity contribution is 0.102. The number of rotatable bonds is 5. The Hall–Kier alpha value is -3.06. The third kappa shape index (κ3) is 4.38. The Kier molecular flexibility index (Phi) is 5.32. The topological polar surface area (TPSA) is 89.0 Å². The molecule has 0 bridgehead atoms. The molecule has 0 radical (unpaired) electrons. The van der Waals surface area contributed by atoms with Crippen LogP contribution in [0, 0.1) is 6.92 Å². The fourth-order valence-corrected chi connectivity index (χ4v) is 3.19. The summed E-state index contributed by atoms with van der Waals surface area (Å²) < 4.78 is 23.7. The summed E-state index contributed by atoms with van der Waals surface area (Å²) in [5.41, 5.74) is 3.52. The Morgan fingerprint density at radius 2 is 1.74 bits per heavy atom. The number of carbonyl (C=O) groups excluding carboxylic acids is 1. The summed E-state index contributed by atoms with van der Waals surface area (Å²) in [5.74, 6) is -0.232. The van der Waals surface area contributed by atoms with Crippen molar-refractivity contribution in [2.45, 2.75) is 18.9 Å². The number of sulfone groups is 1. The van der Waals surface area contributed by atoms with Crippen LogP contribution < -0.4 is 5.32 Å². The third-order valence-electron chi connectivity index (χ3n) is 4.07. The van der Waals surface area contributed by atoms with Crippen molar-refractivity contribution in [2.75, 3.05) is 11.1 Å². The smallest absolute Gasteiger partial charge is 0.255 e. The van der Waals surface area contributed by atoms with Crippen molar-refractivity contribution in [3.05, 3.63) is 71.8 Å². The summed E-state index contributed by atoms with van der Waals surface area (Å²) in [4.78, 5) is 12.4. The van der Waals surface area contributed by atoms with Gasteiger partial charge in [-0.2, -0.15) is 0 Å². The number of hydrogen-bond donors (Lipinski definition) is 1. The largest absolute Gasteiger partial charge is 0.322 e. The molecule has 0 spiro atoms. The first-order valence-electron chi connectivity index (χ1n) is 8.44. The fraction of sp³-hybridized carbons (Fsp3) is 0.150. The van der Waals surface area contributed by atoms with Crippen LogP contribution in [0.15, 0.2) is 65.7 Å². The van der Waals surface area contributed by atoms with Crippen LogP contribution in [-0.2, 0) is 9.84 Å². The normalized spacial score (nSPS) is 11.2. The molecule has 1 N–H and O–H groups in total. The summed E-state index contributed by atoms with van der Waals surface area (Å²) in [5, 5.41) is 10.6. The molecular weight excluding hydrogens is 362 g/mol. The van der Waals surface area contributed by atoms with Gasteiger partial charge in [-0.25, -0.2) is 8.42 Å². The van der Waals surface area contributed by atoms with Gasteiger partial charge in [0.2, 0.25) is 0 Å². The Morgan fingerprint density at radius 1 is 1.00 bits per heavy atom. The van der Waals surface area contributed by atoms with Crippen molar-refractivity contribution in [2.24, 2.45) is 0 Å². The first-order chi connectivity index (χ1) is 12.9. The van der Waals surface area contributed by atoms with Gasteiger partial charge in [0.25, 0.3) is 5.91 Å². The van der Waals surface area contributed by atoms with E-state index in [4.69, 9.17) is 0 Å². The molecule has 3 rings (SSSR count). The molecule has 7 heteroatoms. The number of nitrogens with zero attached hydrogens (tertiary/aromatic N) is 2. The van der Waals surface area contributed by atoms with Gasteiger partial charge in [-0.15, -0.1) is 10.2 Å². The van der Waals surface area contributed by atoms with Gasteiger partial charge in [-0.1, -0.05) is 36.8 Å². The van der Waals surface area contributed by atoms with E-state index in [2.05, 4.69) is 15.5 Å².